The Bertz CT molecular complexity index is 1260. The fourth-order valence-electron chi connectivity index (χ4n) is 4.04. The van der Waals surface area contributed by atoms with Crippen molar-refractivity contribution in [2.75, 3.05) is 12.0 Å². The van der Waals surface area contributed by atoms with Crippen LogP contribution in [0.4, 0.5) is 0 Å². The van der Waals surface area contributed by atoms with Crippen molar-refractivity contribution in [2.45, 2.75) is 50.7 Å². The minimum absolute atomic E-state index is 0.0287. The van der Waals surface area contributed by atoms with Crippen molar-refractivity contribution in [3.05, 3.63) is 60.8 Å². The lowest BCUT2D eigenvalue weighted by Crippen LogP contribution is -2.57. The summed E-state index contributed by atoms with van der Waals surface area (Å²) >= 11 is 1.47. The summed E-state index contributed by atoms with van der Waals surface area (Å²) in [5.41, 5.74) is 7.72. The molecule has 0 fully saturated rings. The van der Waals surface area contributed by atoms with Crippen LogP contribution in [0, 0.1) is 5.92 Å². The van der Waals surface area contributed by atoms with Crippen molar-refractivity contribution in [2.24, 2.45) is 11.7 Å². The lowest BCUT2D eigenvalue weighted by atomic mass is 9.99. The van der Waals surface area contributed by atoms with Crippen LogP contribution in [0.15, 0.2) is 55.3 Å². The van der Waals surface area contributed by atoms with E-state index in [1.165, 1.54) is 17.8 Å². The molecule has 1 heterocycles. The molecule has 2 rings (SSSR count). The number of fused-ring (bicyclic) bond motifs is 1. The van der Waals surface area contributed by atoms with Crippen LogP contribution in [-0.2, 0) is 30.4 Å². The van der Waals surface area contributed by atoms with Gasteiger partial charge in [0.15, 0.2) is 0 Å². The number of aromatic nitrogens is 1. The molecule has 0 bridgehead atoms. The summed E-state index contributed by atoms with van der Waals surface area (Å²) in [6.45, 7) is 8.99. The van der Waals surface area contributed by atoms with Crippen LogP contribution in [0.5, 0.6) is 0 Å². The molecule has 0 saturated heterocycles. The molecule has 0 spiro atoms. The Balaban J connectivity index is 2.13. The fraction of sp³-hybridized carbons (Fsp3) is 0.393. The number of nitrogens with two attached hydrogens (primary N) is 1. The summed E-state index contributed by atoms with van der Waals surface area (Å²) in [7, 11) is 0. The number of aromatic amines is 1. The van der Waals surface area contributed by atoms with Gasteiger partial charge in [0.25, 0.3) is 0 Å². The van der Waals surface area contributed by atoms with Gasteiger partial charge < -0.3 is 31.8 Å². The predicted molar refractivity (Wildman–Crippen MR) is 155 cm³/mol. The van der Waals surface area contributed by atoms with Gasteiger partial charge in [-0.05, 0) is 36.5 Å². The van der Waals surface area contributed by atoms with Crippen LogP contribution in [-0.4, -0.2) is 69.8 Å². The molecule has 0 unspecified atom stereocenters. The maximum atomic E-state index is 13.2. The smallest absolute Gasteiger partial charge is 0.305 e. The Kier molecular flexibility index (Phi) is 12.5. The number of primary amides is 1. The van der Waals surface area contributed by atoms with Crippen LogP contribution in [0.3, 0.4) is 0 Å². The molecular formula is C28H37N5O6S. The number of hydrogen-bond donors (Lipinski definition) is 6. The quantitative estimate of drug-likeness (QED) is 0.156. The molecule has 2 aromatic rings. The first-order valence-electron chi connectivity index (χ1n) is 12.7. The number of carboxylic acid groups (broad SMARTS) is 1. The van der Waals surface area contributed by atoms with Crippen molar-refractivity contribution < 1.29 is 29.1 Å². The number of rotatable bonds is 17. The largest absolute Gasteiger partial charge is 0.481 e. The van der Waals surface area contributed by atoms with Gasteiger partial charge in [-0.2, -0.15) is 11.8 Å². The molecule has 7 N–H and O–H groups in total. The summed E-state index contributed by atoms with van der Waals surface area (Å²) < 4.78 is 0. The molecule has 216 valence electrons. The maximum absolute atomic E-state index is 13.2. The van der Waals surface area contributed by atoms with E-state index in [2.05, 4.69) is 34.1 Å². The second kappa shape index (κ2) is 15.5. The van der Waals surface area contributed by atoms with Gasteiger partial charge in [0, 0.05) is 29.4 Å². The summed E-state index contributed by atoms with van der Waals surface area (Å²) in [4.78, 5) is 65.7. The number of carbonyl (C=O) groups is 5. The van der Waals surface area contributed by atoms with Gasteiger partial charge in [0.05, 0.1) is 6.42 Å². The Morgan fingerprint density at radius 2 is 1.65 bits per heavy atom. The summed E-state index contributed by atoms with van der Waals surface area (Å²) in [6.07, 6.45) is 5.01. The minimum atomic E-state index is -1.51. The lowest BCUT2D eigenvalue weighted by Gasteiger charge is -2.25. The van der Waals surface area contributed by atoms with E-state index in [4.69, 9.17) is 5.73 Å². The second-order valence-corrected chi connectivity index (χ2v) is 10.5. The monoisotopic (exact) mass is 571 g/mol. The van der Waals surface area contributed by atoms with Crippen LogP contribution in [0.1, 0.15) is 31.7 Å². The number of carboxylic acids is 1. The van der Waals surface area contributed by atoms with Gasteiger partial charge in [0.1, 0.15) is 18.1 Å². The van der Waals surface area contributed by atoms with Crippen molar-refractivity contribution in [3.63, 3.8) is 0 Å². The molecule has 4 atom stereocenters. The van der Waals surface area contributed by atoms with Crippen molar-refractivity contribution in [1.82, 2.24) is 20.9 Å². The molecular weight excluding hydrogens is 534 g/mol. The first-order valence-corrected chi connectivity index (χ1v) is 14.1. The molecule has 0 aliphatic rings. The zero-order valence-corrected chi connectivity index (χ0v) is 23.5. The zero-order chi connectivity index (χ0) is 29.8. The number of nitrogens with one attached hydrogen (secondary N) is 4. The third-order valence-electron chi connectivity index (χ3n) is 6.32. The zero-order valence-electron chi connectivity index (χ0n) is 22.7. The molecule has 0 aliphatic heterocycles. The third-order valence-corrected chi connectivity index (χ3v) is 6.96. The van der Waals surface area contributed by atoms with E-state index in [-0.39, 0.29) is 18.7 Å². The SMILES string of the molecule is C=CC(=C)C[C@H](NC(=O)[C@H](CC(=O)O)NC(=O)[C@H](CCSC)NC(=O)[C@@H](C)Cc1c[nH]c2ccccc12)C(N)=O. The number of amides is 4. The predicted octanol–water partition coefficient (Wildman–Crippen LogP) is 1.65. The Labute approximate surface area is 237 Å². The fourth-order valence-corrected chi connectivity index (χ4v) is 4.51. The highest BCUT2D eigenvalue weighted by molar-refractivity contribution is 7.98. The number of benzene rings is 1. The Morgan fingerprint density at radius 3 is 2.27 bits per heavy atom. The molecule has 11 nitrogen and oxygen atoms in total. The van der Waals surface area contributed by atoms with E-state index in [1.54, 1.807) is 6.92 Å². The van der Waals surface area contributed by atoms with E-state index in [1.807, 2.05) is 36.7 Å². The molecule has 1 aromatic carbocycles. The van der Waals surface area contributed by atoms with Gasteiger partial charge in [-0.1, -0.05) is 49.9 Å². The first-order chi connectivity index (χ1) is 19.0. The number of thioether (sulfide) groups is 1. The molecule has 12 heteroatoms. The van der Waals surface area contributed by atoms with Crippen molar-refractivity contribution in [3.8, 4) is 0 Å². The standard InChI is InChI=1S/C28H37N5O6S/c1-5-16(2)12-22(25(29)36)32-28(39)23(14-24(34)35)33-27(38)21(10-11-40-4)31-26(37)17(3)13-18-15-30-20-9-7-6-8-19(18)20/h5-9,15,17,21-23,30H,1-2,10-14H2,3-4H3,(H2,29,36)(H,31,37)(H,32,39)(H,33,38)(H,34,35)/t17-,21-,22-,23-/m0/s1. The summed E-state index contributed by atoms with van der Waals surface area (Å²) in [5, 5.41) is 17.9. The number of para-hydroxylation sites is 1. The van der Waals surface area contributed by atoms with Gasteiger partial charge in [-0.3, -0.25) is 24.0 Å². The first kappa shape index (κ1) is 32.2. The average Bonchev–Trinajstić information content (AvgIpc) is 3.32. The molecule has 0 aliphatic carbocycles. The highest BCUT2D eigenvalue weighted by atomic mass is 32.2. The Morgan fingerprint density at radius 1 is 1.02 bits per heavy atom. The van der Waals surface area contributed by atoms with Crippen molar-refractivity contribution in [1.29, 1.82) is 0 Å². The number of H-pyrrole nitrogens is 1. The maximum Gasteiger partial charge on any atom is 0.305 e. The second-order valence-electron chi connectivity index (χ2n) is 9.50. The summed E-state index contributed by atoms with van der Waals surface area (Å²) in [6, 6.07) is 4.03. The topological polar surface area (TPSA) is 183 Å². The van der Waals surface area contributed by atoms with E-state index in [0.717, 1.165) is 16.5 Å². The van der Waals surface area contributed by atoms with Crippen LogP contribution in [0.2, 0.25) is 0 Å². The number of carbonyl (C=O) groups excluding carboxylic acids is 4. The Hall–Kier alpha value is -4.06. The number of allylic oxidation sites excluding steroid dienone is 1. The lowest BCUT2D eigenvalue weighted by molar-refractivity contribution is -0.141. The van der Waals surface area contributed by atoms with Crippen LogP contribution >= 0.6 is 11.8 Å². The van der Waals surface area contributed by atoms with Gasteiger partial charge in [0.2, 0.25) is 23.6 Å². The van der Waals surface area contributed by atoms with Crippen LogP contribution in [0.25, 0.3) is 10.9 Å². The molecule has 4 amide bonds. The third kappa shape index (κ3) is 9.60. The number of hydrogen-bond acceptors (Lipinski definition) is 6. The van der Waals surface area contributed by atoms with Crippen molar-refractivity contribution >= 4 is 52.3 Å². The van der Waals surface area contributed by atoms with Gasteiger partial charge >= 0.3 is 5.97 Å². The van der Waals surface area contributed by atoms with E-state index in [0.29, 0.717) is 17.7 Å². The van der Waals surface area contributed by atoms with Crippen LogP contribution < -0.4 is 21.7 Å². The number of aliphatic carboxylic acids is 1. The van der Waals surface area contributed by atoms with E-state index in [9.17, 15) is 29.1 Å². The highest BCUT2D eigenvalue weighted by Crippen LogP contribution is 2.21. The average molecular weight is 572 g/mol. The minimum Gasteiger partial charge on any atom is -0.481 e. The normalized spacial score (nSPS) is 13.8. The van der Waals surface area contributed by atoms with E-state index < -0.39 is 54.2 Å². The molecule has 40 heavy (non-hydrogen) atoms. The molecule has 1 aromatic heterocycles. The molecule has 0 radical (unpaired) electrons. The van der Waals surface area contributed by atoms with Gasteiger partial charge in [-0.25, -0.2) is 0 Å². The molecule has 0 saturated carbocycles. The van der Waals surface area contributed by atoms with Gasteiger partial charge in [-0.15, -0.1) is 0 Å². The summed E-state index contributed by atoms with van der Waals surface area (Å²) in [5.74, 6) is -4.13. The highest BCUT2D eigenvalue weighted by Gasteiger charge is 2.31. The van der Waals surface area contributed by atoms with E-state index >= 15 is 0 Å².